The van der Waals surface area contributed by atoms with Crippen LogP contribution in [0.25, 0.3) is 0 Å². The molecule has 0 radical (unpaired) electrons. The van der Waals surface area contributed by atoms with E-state index < -0.39 is 0 Å². The molecule has 2 unspecified atom stereocenters. The van der Waals surface area contributed by atoms with E-state index in [9.17, 15) is 4.79 Å². The quantitative estimate of drug-likeness (QED) is 0.677. The van der Waals surface area contributed by atoms with Gasteiger partial charge in [0.25, 0.3) is 0 Å². The van der Waals surface area contributed by atoms with E-state index in [1.165, 1.54) is 5.56 Å². The SMILES string of the molecule is Nc1ccc(CC2C(=O)OC2CCc2ccccc2)cc1. The molecule has 0 amide bonds. The summed E-state index contributed by atoms with van der Waals surface area (Å²) in [7, 11) is 0. The van der Waals surface area contributed by atoms with Crippen molar-refractivity contribution in [1.82, 2.24) is 0 Å². The summed E-state index contributed by atoms with van der Waals surface area (Å²) in [5.41, 5.74) is 8.84. The van der Waals surface area contributed by atoms with Gasteiger partial charge in [-0.2, -0.15) is 0 Å². The van der Waals surface area contributed by atoms with E-state index >= 15 is 0 Å². The molecule has 1 aliphatic heterocycles. The number of anilines is 1. The van der Waals surface area contributed by atoms with Crippen LogP contribution >= 0.6 is 0 Å². The number of benzene rings is 2. The molecule has 0 aliphatic carbocycles. The number of cyclic esters (lactones) is 1. The Morgan fingerprint density at radius 3 is 2.33 bits per heavy atom. The second-order valence-corrected chi connectivity index (χ2v) is 5.55. The van der Waals surface area contributed by atoms with Crippen molar-refractivity contribution in [2.45, 2.75) is 25.4 Å². The summed E-state index contributed by atoms with van der Waals surface area (Å²) in [6, 6.07) is 18.0. The normalized spacial score (nSPS) is 20.7. The maximum absolute atomic E-state index is 11.7. The summed E-state index contributed by atoms with van der Waals surface area (Å²) >= 11 is 0. The maximum Gasteiger partial charge on any atom is 0.313 e. The third kappa shape index (κ3) is 3.24. The molecule has 2 aromatic carbocycles. The molecular formula is C18H19NO2. The number of carbonyl (C=O) groups is 1. The van der Waals surface area contributed by atoms with Gasteiger partial charge in [-0.1, -0.05) is 42.5 Å². The average Bonchev–Trinajstić information content (AvgIpc) is 2.51. The number of hydrogen-bond acceptors (Lipinski definition) is 3. The van der Waals surface area contributed by atoms with Gasteiger partial charge >= 0.3 is 5.97 Å². The van der Waals surface area contributed by atoms with Crippen LogP contribution < -0.4 is 5.73 Å². The second kappa shape index (κ2) is 6.00. The van der Waals surface area contributed by atoms with Crippen LogP contribution in [-0.2, 0) is 22.4 Å². The number of hydrogen-bond donors (Lipinski definition) is 1. The fraction of sp³-hybridized carbons (Fsp3) is 0.278. The van der Waals surface area contributed by atoms with Crippen molar-refractivity contribution >= 4 is 11.7 Å². The van der Waals surface area contributed by atoms with Crippen LogP contribution in [0.2, 0.25) is 0 Å². The summed E-state index contributed by atoms with van der Waals surface area (Å²) < 4.78 is 5.31. The van der Waals surface area contributed by atoms with E-state index in [1.54, 1.807) is 0 Å². The van der Waals surface area contributed by atoms with Crippen molar-refractivity contribution < 1.29 is 9.53 Å². The minimum absolute atomic E-state index is 0.0164. The summed E-state index contributed by atoms with van der Waals surface area (Å²) in [6.07, 6.45) is 2.60. The molecule has 3 rings (SSSR count). The Balaban J connectivity index is 1.57. The lowest BCUT2D eigenvalue weighted by Gasteiger charge is -2.35. The van der Waals surface area contributed by atoms with Crippen LogP contribution in [-0.4, -0.2) is 12.1 Å². The molecular weight excluding hydrogens is 262 g/mol. The first-order chi connectivity index (χ1) is 10.2. The number of esters is 1. The molecule has 0 bridgehead atoms. The molecule has 3 heteroatoms. The van der Waals surface area contributed by atoms with Crippen molar-refractivity contribution in [3.8, 4) is 0 Å². The molecule has 1 saturated heterocycles. The number of rotatable bonds is 5. The van der Waals surface area contributed by atoms with Crippen molar-refractivity contribution in [1.29, 1.82) is 0 Å². The van der Waals surface area contributed by atoms with Gasteiger partial charge < -0.3 is 10.5 Å². The van der Waals surface area contributed by atoms with Crippen LogP contribution in [0.15, 0.2) is 54.6 Å². The van der Waals surface area contributed by atoms with Gasteiger partial charge in [0.1, 0.15) is 6.10 Å². The van der Waals surface area contributed by atoms with E-state index in [0.717, 1.165) is 30.5 Å². The zero-order chi connectivity index (χ0) is 14.7. The van der Waals surface area contributed by atoms with Crippen molar-refractivity contribution in [2.75, 3.05) is 5.73 Å². The fourth-order valence-electron chi connectivity index (χ4n) is 2.73. The maximum atomic E-state index is 11.7. The molecule has 1 fully saturated rings. The number of ether oxygens (including phenoxy) is 1. The third-order valence-corrected chi connectivity index (χ3v) is 4.01. The monoisotopic (exact) mass is 281 g/mol. The zero-order valence-electron chi connectivity index (χ0n) is 11.9. The van der Waals surface area contributed by atoms with Gasteiger partial charge in [-0.3, -0.25) is 4.79 Å². The van der Waals surface area contributed by atoms with E-state index in [0.29, 0.717) is 0 Å². The van der Waals surface area contributed by atoms with Crippen LogP contribution in [0.3, 0.4) is 0 Å². The Labute approximate surface area is 124 Å². The average molecular weight is 281 g/mol. The van der Waals surface area contributed by atoms with Gasteiger partial charge in [-0.15, -0.1) is 0 Å². The molecule has 0 saturated carbocycles. The number of carbonyl (C=O) groups excluding carboxylic acids is 1. The molecule has 3 nitrogen and oxygen atoms in total. The lowest BCUT2D eigenvalue weighted by molar-refractivity contribution is -0.184. The van der Waals surface area contributed by atoms with Gasteiger partial charge in [0.2, 0.25) is 0 Å². The van der Waals surface area contributed by atoms with Gasteiger partial charge in [-0.05, 0) is 42.5 Å². The van der Waals surface area contributed by atoms with Gasteiger partial charge in [-0.25, -0.2) is 0 Å². The van der Waals surface area contributed by atoms with Gasteiger partial charge in [0.15, 0.2) is 0 Å². The molecule has 0 spiro atoms. The van der Waals surface area contributed by atoms with Crippen LogP contribution in [0.1, 0.15) is 17.5 Å². The van der Waals surface area contributed by atoms with Crippen molar-refractivity contribution in [2.24, 2.45) is 5.92 Å². The number of nitrogens with two attached hydrogens (primary N) is 1. The lowest BCUT2D eigenvalue weighted by atomic mass is 9.86. The predicted molar refractivity (Wildman–Crippen MR) is 82.7 cm³/mol. The topological polar surface area (TPSA) is 52.3 Å². The van der Waals surface area contributed by atoms with Crippen molar-refractivity contribution in [3.63, 3.8) is 0 Å². The molecule has 1 heterocycles. The lowest BCUT2D eigenvalue weighted by Crippen LogP contribution is -2.46. The van der Waals surface area contributed by atoms with Gasteiger partial charge in [0, 0.05) is 5.69 Å². The zero-order valence-corrected chi connectivity index (χ0v) is 11.9. The second-order valence-electron chi connectivity index (χ2n) is 5.55. The summed E-state index contributed by atoms with van der Waals surface area (Å²) in [5, 5.41) is 0. The summed E-state index contributed by atoms with van der Waals surface area (Å²) in [5.74, 6) is -0.0952. The minimum atomic E-state index is -0.0788. The van der Waals surface area contributed by atoms with Crippen molar-refractivity contribution in [3.05, 3.63) is 65.7 Å². The Bertz CT molecular complexity index is 607. The highest BCUT2D eigenvalue weighted by Crippen LogP contribution is 2.29. The number of nitrogen functional groups attached to an aromatic ring is 1. The molecule has 2 atom stereocenters. The third-order valence-electron chi connectivity index (χ3n) is 4.01. The first kappa shape index (κ1) is 13.7. The first-order valence-corrected chi connectivity index (χ1v) is 7.31. The highest BCUT2D eigenvalue weighted by atomic mass is 16.6. The Hall–Kier alpha value is -2.29. The Morgan fingerprint density at radius 2 is 1.67 bits per heavy atom. The van der Waals surface area contributed by atoms with E-state index in [4.69, 9.17) is 10.5 Å². The molecule has 108 valence electrons. The van der Waals surface area contributed by atoms with E-state index in [2.05, 4.69) is 12.1 Å². The van der Waals surface area contributed by atoms with Crippen LogP contribution in [0.4, 0.5) is 5.69 Å². The molecule has 2 aromatic rings. The first-order valence-electron chi connectivity index (χ1n) is 7.31. The highest BCUT2D eigenvalue weighted by Gasteiger charge is 2.41. The molecule has 1 aliphatic rings. The largest absolute Gasteiger partial charge is 0.461 e. The van der Waals surface area contributed by atoms with Crippen LogP contribution in [0, 0.1) is 5.92 Å². The molecule has 21 heavy (non-hydrogen) atoms. The summed E-state index contributed by atoms with van der Waals surface area (Å²) in [6.45, 7) is 0. The van der Waals surface area contributed by atoms with Crippen LogP contribution in [0.5, 0.6) is 0 Å². The summed E-state index contributed by atoms with van der Waals surface area (Å²) in [4.78, 5) is 11.7. The molecule has 0 aromatic heterocycles. The minimum Gasteiger partial charge on any atom is -0.461 e. The molecule has 2 N–H and O–H groups in total. The fourth-order valence-corrected chi connectivity index (χ4v) is 2.73. The smallest absolute Gasteiger partial charge is 0.313 e. The predicted octanol–water partition coefficient (Wildman–Crippen LogP) is 2.99. The Morgan fingerprint density at radius 1 is 0.952 bits per heavy atom. The highest BCUT2D eigenvalue weighted by molar-refractivity contribution is 5.78. The standard InChI is InChI=1S/C18H19NO2/c19-15-9-6-14(7-10-15)12-16-17(21-18(16)20)11-8-13-4-2-1-3-5-13/h1-7,9-10,16-17H,8,11-12,19H2. The Kier molecular flexibility index (Phi) is 3.91. The number of aryl methyl sites for hydroxylation is 1. The van der Waals surface area contributed by atoms with E-state index in [-0.39, 0.29) is 18.0 Å². The van der Waals surface area contributed by atoms with E-state index in [1.807, 2.05) is 42.5 Å². The van der Waals surface area contributed by atoms with Gasteiger partial charge in [0.05, 0.1) is 5.92 Å².